The highest BCUT2D eigenvalue weighted by molar-refractivity contribution is 14.1. The normalized spacial score (nSPS) is 16.2. The molecule has 0 aliphatic carbocycles. The fourth-order valence-electron chi connectivity index (χ4n) is 2.82. The maximum Gasteiger partial charge on any atom is 0.407 e. The fraction of sp³-hybridized carbons (Fsp3) is 0.263. The Labute approximate surface area is 179 Å². The predicted molar refractivity (Wildman–Crippen MR) is 108 cm³/mol. The van der Waals surface area contributed by atoms with E-state index < -0.39 is 23.8 Å². The highest BCUT2D eigenvalue weighted by Gasteiger charge is 2.25. The Morgan fingerprint density at radius 2 is 2.17 bits per heavy atom. The first kappa shape index (κ1) is 21.1. The molecule has 1 aliphatic heterocycles. The average molecular weight is 515 g/mol. The smallest absolute Gasteiger partial charge is 0.407 e. The zero-order chi connectivity index (χ0) is 21.0. The lowest BCUT2D eigenvalue weighted by Crippen LogP contribution is -2.47. The third kappa shape index (κ3) is 5.24. The number of rotatable bonds is 5. The summed E-state index contributed by atoms with van der Waals surface area (Å²) in [5.74, 6) is -1.27. The first-order valence-corrected chi connectivity index (χ1v) is 9.63. The lowest BCUT2D eigenvalue weighted by Gasteiger charge is -2.30. The highest BCUT2D eigenvalue weighted by atomic mass is 127. The summed E-state index contributed by atoms with van der Waals surface area (Å²) >= 11 is 1.96. The van der Waals surface area contributed by atoms with Crippen LogP contribution in [0.1, 0.15) is 5.56 Å². The minimum absolute atomic E-state index is 0.00440. The molecule has 0 aromatic heterocycles. The third-order valence-corrected chi connectivity index (χ3v) is 4.88. The number of morpholine rings is 1. The topological polar surface area (TPSA) is 94.8 Å². The average Bonchev–Trinajstić information content (AvgIpc) is 2.68. The Morgan fingerprint density at radius 3 is 2.86 bits per heavy atom. The number of anilines is 2. The first-order chi connectivity index (χ1) is 13.9. The molecule has 0 spiro atoms. The zero-order valence-electron chi connectivity index (χ0n) is 15.0. The van der Waals surface area contributed by atoms with Gasteiger partial charge >= 0.3 is 6.09 Å². The number of amides is 1. The van der Waals surface area contributed by atoms with Crippen molar-refractivity contribution in [2.45, 2.75) is 6.10 Å². The van der Waals surface area contributed by atoms with Gasteiger partial charge in [-0.25, -0.2) is 13.6 Å². The summed E-state index contributed by atoms with van der Waals surface area (Å²) in [6, 6.07) is 8.52. The Kier molecular flexibility index (Phi) is 6.71. The molecule has 29 heavy (non-hydrogen) atoms. The fourth-order valence-corrected chi connectivity index (χ4v) is 3.28. The number of nitrogens with one attached hydrogen (secondary N) is 1. The van der Waals surface area contributed by atoms with Gasteiger partial charge in [-0.3, -0.25) is 0 Å². The molecule has 0 saturated carbocycles. The molecule has 1 aliphatic rings. The molecule has 1 heterocycles. The summed E-state index contributed by atoms with van der Waals surface area (Å²) < 4.78 is 39.9. The van der Waals surface area contributed by atoms with Gasteiger partial charge < -0.3 is 24.8 Å². The van der Waals surface area contributed by atoms with E-state index in [1.54, 1.807) is 6.07 Å². The van der Waals surface area contributed by atoms with Crippen molar-refractivity contribution in [3.63, 3.8) is 0 Å². The van der Waals surface area contributed by atoms with Crippen LogP contribution in [0, 0.1) is 26.5 Å². The van der Waals surface area contributed by atoms with E-state index in [1.165, 1.54) is 17.0 Å². The molecule has 3 rings (SSSR count). The van der Waals surface area contributed by atoms with Gasteiger partial charge in [0.05, 0.1) is 24.5 Å². The van der Waals surface area contributed by atoms with E-state index in [-0.39, 0.29) is 49.0 Å². The van der Waals surface area contributed by atoms with Gasteiger partial charge in [-0.05, 0) is 46.9 Å². The summed E-state index contributed by atoms with van der Waals surface area (Å²) in [6.07, 6.45) is -1.62. The minimum atomic E-state index is -1.06. The Morgan fingerprint density at radius 1 is 1.38 bits per heavy atom. The molecule has 1 atom stereocenters. The van der Waals surface area contributed by atoms with Crippen LogP contribution >= 0.6 is 22.6 Å². The van der Waals surface area contributed by atoms with Crippen LogP contribution < -0.4 is 10.1 Å². The van der Waals surface area contributed by atoms with Crippen molar-refractivity contribution < 1.29 is 28.2 Å². The summed E-state index contributed by atoms with van der Waals surface area (Å²) in [5.41, 5.74) is 0.140. The number of hydrogen-bond acceptors (Lipinski definition) is 5. The standard InChI is InChI=1S/C19H16F2IN3O4/c20-11-5-17(24-16-2-1-12(22)7-15(16)21)14(8-23)18(6-11)29-10-13-9-25(19(26)27)3-4-28-13/h1-2,5-7,13,24H,3-4,9-10H2,(H,26,27). The van der Waals surface area contributed by atoms with Gasteiger partial charge in [0.1, 0.15) is 41.7 Å². The molecule has 2 aromatic carbocycles. The Bertz CT molecular complexity index is 967. The van der Waals surface area contributed by atoms with Crippen LogP contribution in [0.4, 0.5) is 25.0 Å². The van der Waals surface area contributed by atoms with Crippen molar-refractivity contribution in [3.8, 4) is 11.8 Å². The van der Waals surface area contributed by atoms with Gasteiger partial charge in [0.2, 0.25) is 0 Å². The van der Waals surface area contributed by atoms with E-state index in [1.807, 2.05) is 28.7 Å². The summed E-state index contributed by atoms with van der Waals surface area (Å²) in [6.45, 7) is 0.503. The van der Waals surface area contributed by atoms with Crippen molar-refractivity contribution in [2.75, 3.05) is 31.6 Å². The number of carboxylic acid groups (broad SMARTS) is 1. The molecular weight excluding hydrogens is 499 g/mol. The van der Waals surface area contributed by atoms with Gasteiger partial charge in [-0.2, -0.15) is 5.26 Å². The molecule has 152 valence electrons. The molecule has 1 unspecified atom stereocenters. The van der Waals surface area contributed by atoms with Crippen molar-refractivity contribution in [1.29, 1.82) is 5.26 Å². The van der Waals surface area contributed by atoms with Crippen LogP contribution in [0.15, 0.2) is 30.3 Å². The van der Waals surface area contributed by atoms with Crippen LogP contribution in [0.5, 0.6) is 5.75 Å². The molecule has 1 amide bonds. The van der Waals surface area contributed by atoms with Gasteiger partial charge in [0, 0.05) is 16.2 Å². The van der Waals surface area contributed by atoms with E-state index in [0.29, 0.717) is 3.57 Å². The van der Waals surface area contributed by atoms with Crippen LogP contribution in [-0.2, 0) is 4.74 Å². The number of benzene rings is 2. The van der Waals surface area contributed by atoms with Crippen molar-refractivity contribution in [2.24, 2.45) is 0 Å². The van der Waals surface area contributed by atoms with Gasteiger partial charge in [0.15, 0.2) is 0 Å². The molecule has 2 N–H and O–H groups in total. The molecule has 0 bridgehead atoms. The van der Waals surface area contributed by atoms with E-state index in [2.05, 4.69) is 5.32 Å². The van der Waals surface area contributed by atoms with E-state index in [4.69, 9.17) is 14.6 Å². The van der Waals surface area contributed by atoms with E-state index in [9.17, 15) is 18.8 Å². The highest BCUT2D eigenvalue weighted by Crippen LogP contribution is 2.31. The number of nitriles is 1. The maximum atomic E-state index is 14.1. The lowest BCUT2D eigenvalue weighted by atomic mass is 10.1. The van der Waals surface area contributed by atoms with E-state index >= 15 is 0 Å². The first-order valence-electron chi connectivity index (χ1n) is 8.55. The number of hydrogen-bond donors (Lipinski definition) is 2. The predicted octanol–water partition coefficient (Wildman–Crippen LogP) is 3.94. The van der Waals surface area contributed by atoms with Crippen LogP contribution in [0.3, 0.4) is 0 Å². The molecule has 1 saturated heterocycles. The molecule has 2 aromatic rings. The summed E-state index contributed by atoms with van der Waals surface area (Å²) in [7, 11) is 0. The Hall–Kier alpha value is -2.65. The van der Waals surface area contributed by atoms with Gasteiger partial charge in [-0.1, -0.05) is 0 Å². The number of halogens is 3. The Balaban J connectivity index is 1.79. The summed E-state index contributed by atoms with van der Waals surface area (Å²) in [5, 5.41) is 21.3. The lowest BCUT2D eigenvalue weighted by molar-refractivity contribution is -0.0412. The molecule has 10 heteroatoms. The van der Waals surface area contributed by atoms with E-state index in [0.717, 1.165) is 12.1 Å². The van der Waals surface area contributed by atoms with Crippen LogP contribution in [0.2, 0.25) is 0 Å². The second kappa shape index (κ2) is 9.23. The monoisotopic (exact) mass is 515 g/mol. The number of ether oxygens (including phenoxy) is 2. The third-order valence-electron chi connectivity index (χ3n) is 4.21. The maximum absolute atomic E-state index is 14.1. The largest absolute Gasteiger partial charge is 0.489 e. The molecule has 7 nitrogen and oxygen atoms in total. The second-order valence-corrected chi connectivity index (χ2v) is 7.47. The number of nitrogens with zero attached hydrogens (tertiary/aromatic N) is 2. The number of carbonyl (C=O) groups is 1. The minimum Gasteiger partial charge on any atom is -0.489 e. The van der Waals surface area contributed by atoms with Gasteiger partial charge in [-0.15, -0.1) is 0 Å². The van der Waals surface area contributed by atoms with Crippen molar-refractivity contribution in [1.82, 2.24) is 4.90 Å². The van der Waals surface area contributed by atoms with Crippen LogP contribution in [-0.4, -0.2) is 48.5 Å². The van der Waals surface area contributed by atoms with Gasteiger partial charge in [0.25, 0.3) is 0 Å². The van der Waals surface area contributed by atoms with Crippen molar-refractivity contribution >= 4 is 40.1 Å². The SMILES string of the molecule is N#Cc1c(Nc2ccc(I)cc2F)cc(F)cc1OCC1CN(C(=O)O)CCO1. The second-order valence-electron chi connectivity index (χ2n) is 6.22. The quantitative estimate of drug-likeness (QED) is 0.587. The molecule has 1 fully saturated rings. The van der Waals surface area contributed by atoms with Crippen molar-refractivity contribution in [3.05, 3.63) is 51.1 Å². The zero-order valence-corrected chi connectivity index (χ0v) is 17.2. The molecular formula is C19H16F2IN3O4. The molecule has 0 radical (unpaired) electrons. The van der Waals surface area contributed by atoms with Crippen LogP contribution in [0.25, 0.3) is 0 Å². The summed E-state index contributed by atoms with van der Waals surface area (Å²) in [4.78, 5) is 12.3.